The van der Waals surface area contributed by atoms with E-state index in [4.69, 9.17) is 4.98 Å². The zero-order chi connectivity index (χ0) is 17.6. The van der Waals surface area contributed by atoms with Gasteiger partial charge in [-0.2, -0.15) is 0 Å². The van der Waals surface area contributed by atoms with Crippen LogP contribution < -0.4 is 5.56 Å². The summed E-state index contributed by atoms with van der Waals surface area (Å²) in [6.07, 6.45) is 6.83. The Morgan fingerprint density at radius 1 is 1.24 bits per heavy atom. The third-order valence-electron chi connectivity index (χ3n) is 3.96. The second-order valence-electron chi connectivity index (χ2n) is 5.87. The number of nitrogens with zero attached hydrogens (tertiary/aromatic N) is 3. The van der Waals surface area contributed by atoms with E-state index in [0.29, 0.717) is 11.9 Å². The maximum atomic E-state index is 13.0. The van der Waals surface area contributed by atoms with Gasteiger partial charge >= 0.3 is 0 Å². The number of unbranched alkanes of at least 4 members (excludes halogenated alkanes) is 2. The maximum Gasteiger partial charge on any atom is 0.262 e. The summed E-state index contributed by atoms with van der Waals surface area (Å²) in [6.45, 7) is 2.87. The molecule has 6 heteroatoms. The molecule has 0 saturated carbocycles. The van der Waals surface area contributed by atoms with Crippen molar-refractivity contribution in [2.24, 2.45) is 0 Å². The lowest BCUT2D eigenvalue weighted by Gasteiger charge is -2.13. The second kappa shape index (κ2) is 8.63. The van der Waals surface area contributed by atoms with E-state index in [1.807, 2.05) is 41.1 Å². The Bertz CT molecular complexity index is 912. The minimum absolute atomic E-state index is 0.0380. The van der Waals surface area contributed by atoms with Gasteiger partial charge in [-0.05, 0) is 36.2 Å². The summed E-state index contributed by atoms with van der Waals surface area (Å²) < 4.78 is 2.72. The lowest BCUT2D eigenvalue weighted by Crippen LogP contribution is -2.23. The van der Waals surface area contributed by atoms with Crippen molar-refractivity contribution in [1.82, 2.24) is 14.5 Å². The van der Waals surface area contributed by atoms with Crippen LogP contribution in [0.3, 0.4) is 0 Å². The first-order valence-electron chi connectivity index (χ1n) is 8.41. The lowest BCUT2D eigenvalue weighted by atomic mass is 10.2. The number of halogens is 1. The molecule has 0 aliphatic heterocycles. The molecular formula is C19H20BrN3OS. The minimum atomic E-state index is 0.0380. The van der Waals surface area contributed by atoms with Crippen LogP contribution in [0.4, 0.5) is 0 Å². The predicted molar refractivity (Wildman–Crippen MR) is 107 cm³/mol. The van der Waals surface area contributed by atoms with Crippen LogP contribution in [0.2, 0.25) is 0 Å². The van der Waals surface area contributed by atoms with Crippen LogP contribution in [0.1, 0.15) is 31.7 Å². The molecule has 0 saturated heterocycles. The zero-order valence-corrected chi connectivity index (χ0v) is 16.5. The summed E-state index contributed by atoms with van der Waals surface area (Å²) in [5, 5.41) is 1.44. The topological polar surface area (TPSA) is 47.8 Å². The fourth-order valence-corrected chi connectivity index (χ4v) is 3.95. The molecule has 2 heterocycles. The van der Waals surface area contributed by atoms with Crippen LogP contribution in [-0.2, 0) is 12.3 Å². The van der Waals surface area contributed by atoms with Gasteiger partial charge in [0.15, 0.2) is 5.16 Å². The van der Waals surface area contributed by atoms with Crippen molar-refractivity contribution in [3.8, 4) is 0 Å². The van der Waals surface area contributed by atoms with Crippen molar-refractivity contribution in [1.29, 1.82) is 0 Å². The third kappa shape index (κ3) is 4.50. The number of hydrogen-bond acceptors (Lipinski definition) is 4. The van der Waals surface area contributed by atoms with E-state index >= 15 is 0 Å². The van der Waals surface area contributed by atoms with Crippen molar-refractivity contribution in [3.05, 3.63) is 63.1 Å². The number of rotatable bonds is 7. The number of pyridine rings is 1. The van der Waals surface area contributed by atoms with Crippen molar-refractivity contribution < 1.29 is 0 Å². The zero-order valence-electron chi connectivity index (χ0n) is 14.1. The molecule has 25 heavy (non-hydrogen) atoms. The SMILES string of the molecule is CCCCCn1c(SCc2cccnc2)nc2ccc(Br)cc2c1=O. The van der Waals surface area contributed by atoms with E-state index in [1.165, 1.54) is 0 Å². The van der Waals surface area contributed by atoms with Crippen molar-refractivity contribution in [2.45, 2.75) is 43.6 Å². The molecule has 0 amide bonds. The minimum Gasteiger partial charge on any atom is -0.287 e. The molecular weight excluding hydrogens is 398 g/mol. The summed E-state index contributed by atoms with van der Waals surface area (Å²) in [4.78, 5) is 21.9. The Labute approximate surface area is 159 Å². The Hall–Kier alpha value is -1.66. The summed E-state index contributed by atoms with van der Waals surface area (Å²) in [5.41, 5.74) is 1.91. The van der Waals surface area contributed by atoms with Crippen molar-refractivity contribution in [3.63, 3.8) is 0 Å². The van der Waals surface area contributed by atoms with Crippen molar-refractivity contribution >= 4 is 38.6 Å². The molecule has 0 radical (unpaired) electrons. The highest BCUT2D eigenvalue weighted by molar-refractivity contribution is 9.10. The number of benzene rings is 1. The number of hydrogen-bond donors (Lipinski definition) is 0. The van der Waals surface area contributed by atoms with Gasteiger partial charge in [-0.25, -0.2) is 4.98 Å². The maximum absolute atomic E-state index is 13.0. The first kappa shape index (κ1) is 18.1. The Balaban J connectivity index is 1.97. The normalized spacial score (nSPS) is 11.1. The first-order valence-corrected chi connectivity index (χ1v) is 10.2. The Morgan fingerprint density at radius 3 is 2.88 bits per heavy atom. The van der Waals surface area contributed by atoms with Gasteiger partial charge in [-0.1, -0.05) is 53.5 Å². The fraction of sp³-hybridized carbons (Fsp3) is 0.316. The van der Waals surface area contributed by atoms with Gasteiger partial charge in [-0.15, -0.1) is 0 Å². The van der Waals surface area contributed by atoms with E-state index in [1.54, 1.807) is 18.0 Å². The average Bonchev–Trinajstić information content (AvgIpc) is 2.63. The van der Waals surface area contributed by atoms with E-state index in [2.05, 4.69) is 27.8 Å². The summed E-state index contributed by atoms with van der Waals surface area (Å²) >= 11 is 5.04. The van der Waals surface area contributed by atoms with E-state index in [-0.39, 0.29) is 5.56 Å². The summed E-state index contributed by atoms with van der Waals surface area (Å²) in [7, 11) is 0. The average molecular weight is 418 g/mol. The van der Waals surface area contributed by atoms with Gasteiger partial charge in [0.1, 0.15) is 0 Å². The fourth-order valence-electron chi connectivity index (χ4n) is 2.63. The van der Waals surface area contributed by atoms with Gasteiger partial charge in [0.25, 0.3) is 5.56 Å². The first-order chi connectivity index (χ1) is 12.2. The highest BCUT2D eigenvalue weighted by atomic mass is 79.9. The third-order valence-corrected chi connectivity index (χ3v) is 5.50. The Kier molecular flexibility index (Phi) is 6.26. The molecule has 0 fully saturated rings. The van der Waals surface area contributed by atoms with Gasteiger partial charge in [0.05, 0.1) is 10.9 Å². The predicted octanol–water partition coefficient (Wildman–Crippen LogP) is 5.04. The largest absolute Gasteiger partial charge is 0.287 e. The standard InChI is InChI=1S/C19H20BrN3OS/c1-2-3-4-10-23-18(24)16-11-15(20)7-8-17(16)22-19(23)25-13-14-6-5-9-21-12-14/h5-9,11-12H,2-4,10,13H2,1H3. The Morgan fingerprint density at radius 2 is 2.12 bits per heavy atom. The van der Waals surface area contributed by atoms with Crippen LogP contribution in [0, 0.1) is 0 Å². The van der Waals surface area contributed by atoms with E-state index in [9.17, 15) is 4.79 Å². The molecule has 3 rings (SSSR count). The molecule has 130 valence electrons. The molecule has 3 aromatic rings. The number of thioether (sulfide) groups is 1. The van der Waals surface area contributed by atoms with Crippen LogP contribution in [0.5, 0.6) is 0 Å². The summed E-state index contributed by atoms with van der Waals surface area (Å²) in [6, 6.07) is 9.64. The van der Waals surface area contributed by atoms with E-state index in [0.717, 1.165) is 45.7 Å². The molecule has 0 unspecified atom stereocenters. The van der Waals surface area contributed by atoms with Gasteiger partial charge < -0.3 is 0 Å². The molecule has 1 aromatic carbocycles. The molecule has 0 aliphatic rings. The van der Waals surface area contributed by atoms with Gasteiger partial charge in [0, 0.05) is 29.2 Å². The molecule has 0 spiro atoms. The second-order valence-corrected chi connectivity index (χ2v) is 7.73. The van der Waals surface area contributed by atoms with Crippen LogP contribution >= 0.6 is 27.7 Å². The molecule has 0 atom stereocenters. The molecule has 4 nitrogen and oxygen atoms in total. The monoisotopic (exact) mass is 417 g/mol. The highest BCUT2D eigenvalue weighted by Crippen LogP contribution is 2.23. The molecule has 0 bridgehead atoms. The molecule has 0 N–H and O–H groups in total. The highest BCUT2D eigenvalue weighted by Gasteiger charge is 2.12. The quantitative estimate of drug-likeness (QED) is 0.307. The van der Waals surface area contributed by atoms with Crippen molar-refractivity contribution in [2.75, 3.05) is 0 Å². The number of aromatic nitrogens is 3. The van der Waals surface area contributed by atoms with Gasteiger partial charge in [-0.3, -0.25) is 14.3 Å². The van der Waals surface area contributed by atoms with Crippen LogP contribution in [0.15, 0.2) is 57.1 Å². The summed E-state index contributed by atoms with van der Waals surface area (Å²) in [5.74, 6) is 0.746. The lowest BCUT2D eigenvalue weighted by molar-refractivity contribution is 0.541. The van der Waals surface area contributed by atoms with E-state index < -0.39 is 0 Å². The smallest absolute Gasteiger partial charge is 0.262 e. The van der Waals surface area contributed by atoms with Crippen LogP contribution in [0.25, 0.3) is 10.9 Å². The van der Waals surface area contributed by atoms with Crippen LogP contribution in [-0.4, -0.2) is 14.5 Å². The molecule has 0 aliphatic carbocycles. The van der Waals surface area contributed by atoms with Gasteiger partial charge in [0.2, 0.25) is 0 Å². The number of fused-ring (bicyclic) bond motifs is 1. The molecule has 2 aromatic heterocycles.